The molecule has 3 nitrogen and oxygen atoms in total. The Kier molecular flexibility index (Phi) is 3.65. The first kappa shape index (κ1) is 15.8. The van der Waals surface area contributed by atoms with Crippen LogP contribution in [0.1, 0.15) is 0 Å². The normalized spacial score (nSPS) is 14.9. The van der Waals surface area contributed by atoms with Crippen LogP contribution < -0.4 is 5.73 Å². The Morgan fingerprint density at radius 1 is 0.824 bits per heavy atom. The minimum atomic E-state index is -6.62. The van der Waals surface area contributed by atoms with Gasteiger partial charge in [-0.3, -0.25) is 5.41 Å². The molecule has 0 aliphatic heterocycles. The van der Waals surface area contributed by atoms with Crippen molar-refractivity contribution >= 4 is 5.84 Å². The van der Waals surface area contributed by atoms with Crippen LogP contribution in [0.3, 0.4) is 0 Å². The highest BCUT2D eigenvalue weighted by Gasteiger charge is 2.71. The summed E-state index contributed by atoms with van der Waals surface area (Å²) >= 11 is 0. The van der Waals surface area contributed by atoms with Gasteiger partial charge in [0, 0.05) is 0 Å². The molecule has 0 aromatic rings. The van der Waals surface area contributed by atoms with E-state index in [0.717, 1.165) is 0 Å². The average molecular weight is 278 g/mol. The molecule has 102 valence electrons. The second-order valence-corrected chi connectivity index (χ2v) is 2.62. The van der Waals surface area contributed by atoms with Gasteiger partial charge in [0.05, 0.1) is 0 Å². The highest BCUT2D eigenvalue weighted by atomic mass is 19.4. The van der Waals surface area contributed by atoms with E-state index < -0.39 is 30.2 Å². The van der Waals surface area contributed by atoms with Crippen molar-refractivity contribution in [2.45, 2.75) is 24.3 Å². The predicted octanol–water partition coefficient (Wildman–Crippen LogP) is 2.32. The summed E-state index contributed by atoms with van der Waals surface area (Å²) in [6, 6.07) is 0. The van der Waals surface area contributed by atoms with Crippen LogP contribution in [0, 0.1) is 5.41 Å². The van der Waals surface area contributed by atoms with Crippen molar-refractivity contribution in [3.05, 3.63) is 0 Å². The molecule has 0 fully saturated rings. The summed E-state index contributed by atoms with van der Waals surface area (Å²) in [5.41, 5.74) is 3.93. The van der Waals surface area contributed by atoms with Crippen molar-refractivity contribution in [1.82, 2.24) is 0 Å². The molecule has 0 saturated heterocycles. The zero-order chi connectivity index (χ0) is 14.3. The average Bonchev–Trinajstić information content (AvgIpc) is 1.98. The quantitative estimate of drug-likeness (QED) is 0.471. The summed E-state index contributed by atoms with van der Waals surface area (Å²) in [5.74, 6) is -8.43. The summed E-state index contributed by atoms with van der Waals surface area (Å²) in [7, 11) is 0. The lowest BCUT2D eigenvalue weighted by molar-refractivity contribution is -0.478. The number of nitrogens with one attached hydrogen (secondary N) is 1. The van der Waals surface area contributed by atoms with Crippen LogP contribution in [-0.2, 0) is 4.74 Å². The molecule has 0 heterocycles. The lowest BCUT2D eigenvalue weighted by atomic mass is 10.3. The van der Waals surface area contributed by atoms with Crippen molar-refractivity contribution in [3.8, 4) is 0 Å². The molecule has 0 radical (unpaired) electrons. The summed E-state index contributed by atoms with van der Waals surface area (Å²) in [6.45, 7) is 0. The molecule has 0 spiro atoms. The Morgan fingerprint density at radius 3 is 1.41 bits per heavy atom. The summed E-state index contributed by atoms with van der Waals surface area (Å²) in [6.07, 6.45) is -19.4. The van der Waals surface area contributed by atoms with E-state index in [1.54, 1.807) is 4.74 Å². The van der Waals surface area contributed by atoms with Gasteiger partial charge in [-0.15, -0.1) is 0 Å². The fourth-order valence-electron chi connectivity index (χ4n) is 0.440. The van der Waals surface area contributed by atoms with E-state index in [1.165, 1.54) is 0 Å². The first-order chi connectivity index (χ1) is 7.15. The minimum Gasteiger partial charge on any atom is -0.382 e. The van der Waals surface area contributed by atoms with E-state index in [-0.39, 0.29) is 0 Å². The van der Waals surface area contributed by atoms with E-state index in [9.17, 15) is 39.5 Å². The molecule has 0 amide bonds. The van der Waals surface area contributed by atoms with Gasteiger partial charge < -0.3 is 5.73 Å². The maximum Gasteiger partial charge on any atom is 0.483 e. The van der Waals surface area contributed by atoms with Gasteiger partial charge in [0.15, 0.2) is 5.84 Å². The first-order valence-corrected chi connectivity index (χ1v) is 3.40. The molecule has 0 atom stereocenters. The maximum atomic E-state index is 12.3. The Balaban J connectivity index is 5.20. The highest BCUT2D eigenvalue weighted by molar-refractivity contribution is 5.85. The Hall–Kier alpha value is -1.20. The van der Waals surface area contributed by atoms with E-state index in [0.29, 0.717) is 0 Å². The van der Waals surface area contributed by atoms with E-state index in [1.807, 2.05) is 0 Å². The van der Waals surface area contributed by atoms with Crippen LogP contribution in [0.2, 0.25) is 0 Å². The topological polar surface area (TPSA) is 59.1 Å². The Labute approximate surface area is 86.8 Å². The van der Waals surface area contributed by atoms with Crippen molar-refractivity contribution in [3.63, 3.8) is 0 Å². The smallest absolute Gasteiger partial charge is 0.382 e. The number of nitrogens with two attached hydrogens (primary N) is 1. The van der Waals surface area contributed by atoms with Crippen molar-refractivity contribution in [2.75, 3.05) is 0 Å². The van der Waals surface area contributed by atoms with Gasteiger partial charge in [-0.2, -0.15) is 39.5 Å². The zero-order valence-electron chi connectivity index (χ0n) is 7.39. The summed E-state index contributed by atoms with van der Waals surface area (Å²) < 4.78 is 109. The molecular formula is C5H3F9N2O. The van der Waals surface area contributed by atoms with Crippen LogP contribution >= 0.6 is 0 Å². The van der Waals surface area contributed by atoms with Crippen LogP contribution in [0.25, 0.3) is 0 Å². The third-order valence-electron chi connectivity index (χ3n) is 1.29. The maximum absolute atomic E-state index is 12.3. The Bertz CT molecular complexity index is 309. The van der Waals surface area contributed by atoms with Crippen LogP contribution in [0.4, 0.5) is 39.5 Å². The number of ether oxygens (including phenoxy) is 1. The van der Waals surface area contributed by atoms with Gasteiger partial charge in [0.1, 0.15) is 0 Å². The number of amidine groups is 1. The molecular weight excluding hydrogens is 275 g/mol. The van der Waals surface area contributed by atoms with Crippen LogP contribution in [0.5, 0.6) is 0 Å². The molecule has 0 aliphatic carbocycles. The van der Waals surface area contributed by atoms with Crippen molar-refractivity contribution in [2.24, 2.45) is 5.73 Å². The Morgan fingerprint density at radius 2 is 1.18 bits per heavy atom. The summed E-state index contributed by atoms with van der Waals surface area (Å²) in [5, 5.41) is 5.96. The molecule has 0 aliphatic rings. The third-order valence-corrected chi connectivity index (χ3v) is 1.29. The molecule has 0 rings (SSSR count). The molecule has 3 N–H and O–H groups in total. The van der Waals surface area contributed by atoms with Gasteiger partial charge in [0.25, 0.3) is 0 Å². The SMILES string of the molecule is N=C(N)C(F)(F)C(F)(F)OC(F)(F)C(F)(F)F. The van der Waals surface area contributed by atoms with Gasteiger partial charge >= 0.3 is 24.3 Å². The molecule has 17 heavy (non-hydrogen) atoms. The van der Waals surface area contributed by atoms with Crippen LogP contribution in [-0.4, -0.2) is 30.2 Å². The number of hydrogen-bond donors (Lipinski definition) is 2. The standard InChI is InChI=1S/C5H3F9N2O/c6-2(7,1(15)16)4(11,12)17-5(13,14)3(8,9)10/h(H3,15,16). The molecule has 0 aromatic heterocycles. The van der Waals surface area contributed by atoms with Gasteiger partial charge in [-0.05, 0) is 0 Å². The molecule has 12 heteroatoms. The molecule has 0 aromatic carbocycles. The minimum absolute atomic E-state index is 1.75. The number of rotatable bonds is 4. The van der Waals surface area contributed by atoms with Crippen LogP contribution in [0.15, 0.2) is 0 Å². The largest absolute Gasteiger partial charge is 0.483 e. The number of halogens is 9. The second kappa shape index (κ2) is 3.92. The van der Waals surface area contributed by atoms with E-state index in [2.05, 4.69) is 5.73 Å². The number of alkyl halides is 9. The molecule has 0 saturated carbocycles. The zero-order valence-corrected chi connectivity index (χ0v) is 7.39. The first-order valence-electron chi connectivity index (χ1n) is 3.40. The highest BCUT2D eigenvalue weighted by Crippen LogP contribution is 2.45. The fourth-order valence-corrected chi connectivity index (χ4v) is 0.440. The van der Waals surface area contributed by atoms with Crippen molar-refractivity contribution < 1.29 is 44.3 Å². The lowest BCUT2D eigenvalue weighted by Gasteiger charge is -2.29. The van der Waals surface area contributed by atoms with Gasteiger partial charge in [-0.25, -0.2) is 4.74 Å². The molecule has 0 unspecified atom stereocenters. The van der Waals surface area contributed by atoms with E-state index in [4.69, 9.17) is 5.41 Å². The molecule has 0 bridgehead atoms. The van der Waals surface area contributed by atoms with Gasteiger partial charge in [-0.1, -0.05) is 0 Å². The lowest BCUT2D eigenvalue weighted by Crippen LogP contribution is -2.56. The van der Waals surface area contributed by atoms with Crippen molar-refractivity contribution in [1.29, 1.82) is 5.41 Å². The van der Waals surface area contributed by atoms with E-state index >= 15 is 0 Å². The predicted molar refractivity (Wildman–Crippen MR) is 33.9 cm³/mol. The summed E-state index contributed by atoms with van der Waals surface area (Å²) in [4.78, 5) is 0. The second-order valence-electron chi connectivity index (χ2n) is 2.62. The number of hydrogen-bond acceptors (Lipinski definition) is 2. The fraction of sp³-hybridized carbons (Fsp3) is 0.800. The van der Waals surface area contributed by atoms with Gasteiger partial charge in [0.2, 0.25) is 0 Å². The third kappa shape index (κ3) is 2.92. The monoisotopic (exact) mass is 278 g/mol.